The molecule has 5 heteroatoms. The van der Waals surface area contributed by atoms with Gasteiger partial charge in [0.1, 0.15) is 5.41 Å². The fourth-order valence-electron chi connectivity index (χ4n) is 2.23. The number of carbonyl (C=O) groups is 1. The summed E-state index contributed by atoms with van der Waals surface area (Å²) < 4.78 is 0. The third-order valence-electron chi connectivity index (χ3n) is 3.22. The highest BCUT2D eigenvalue weighted by Crippen LogP contribution is 2.46. The van der Waals surface area contributed by atoms with Crippen LogP contribution in [0.15, 0.2) is 5.16 Å². The lowest BCUT2D eigenvalue weighted by Gasteiger charge is -2.45. The maximum absolute atomic E-state index is 12.1. The number of hydrogen-bond donors (Lipinski definition) is 2. The Morgan fingerprint density at radius 1 is 1.67 bits per heavy atom. The molecule has 1 fully saturated rings. The largest absolute Gasteiger partial charge is 0.409 e. The Kier molecular flexibility index (Phi) is 3.21. The van der Waals surface area contributed by atoms with E-state index in [1.807, 2.05) is 6.92 Å². The van der Waals surface area contributed by atoms with Crippen LogP contribution < -0.4 is 5.73 Å². The van der Waals surface area contributed by atoms with Gasteiger partial charge in [0, 0.05) is 13.6 Å². The zero-order chi connectivity index (χ0) is 11.6. The van der Waals surface area contributed by atoms with Crippen molar-refractivity contribution in [1.82, 2.24) is 4.90 Å². The molecule has 1 amide bonds. The molecule has 0 aromatic rings. The van der Waals surface area contributed by atoms with Gasteiger partial charge in [0.15, 0.2) is 5.84 Å². The molecule has 0 unspecified atom stereocenters. The van der Waals surface area contributed by atoms with E-state index in [1.165, 1.54) is 0 Å². The average molecular weight is 213 g/mol. The second-order valence-electron chi connectivity index (χ2n) is 4.40. The fraction of sp³-hybridized carbons (Fsp3) is 0.800. The van der Waals surface area contributed by atoms with E-state index in [2.05, 4.69) is 12.1 Å². The number of carbonyl (C=O) groups excluding carboxylic acids is 1. The smallest absolute Gasteiger partial charge is 0.236 e. The molecule has 0 heterocycles. The van der Waals surface area contributed by atoms with E-state index in [-0.39, 0.29) is 11.7 Å². The standard InChI is InChI=1S/C10H19N3O2/c1-4-13(3)9(14)10(8(11)12-15)5-7(2)6-10/h7,15H,4-6H2,1-3H3,(H2,11,12). The third-order valence-corrected chi connectivity index (χ3v) is 3.22. The number of amidine groups is 1. The number of nitrogens with zero attached hydrogens (tertiary/aromatic N) is 2. The Hall–Kier alpha value is -1.26. The van der Waals surface area contributed by atoms with Crippen molar-refractivity contribution < 1.29 is 10.0 Å². The number of hydrogen-bond acceptors (Lipinski definition) is 3. The average Bonchev–Trinajstić information content (AvgIpc) is 2.21. The molecule has 0 aromatic carbocycles. The Morgan fingerprint density at radius 3 is 2.53 bits per heavy atom. The second kappa shape index (κ2) is 4.08. The summed E-state index contributed by atoms with van der Waals surface area (Å²) >= 11 is 0. The molecule has 5 nitrogen and oxygen atoms in total. The summed E-state index contributed by atoms with van der Waals surface area (Å²) in [6, 6.07) is 0. The van der Waals surface area contributed by atoms with Crippen LogP contribution in [-0.4, -0.2) is 35.4 Å². The summed E-state index contributed by atoms with van der Waals surface area (Å²) in [5.41, 5.74) is 4.87. The molecule has 0 aromatic heterocycles. The van der Waals surface area contributed by atoms with Gasteiger partial charge >= 0.3 is 0 Å². The van der Waals surface area contributed by atoms with E-state index in [4.69, 9.17) is 10.9 Å². The maximum atomic E-state index is 12.1. The summed E-state index contributed by atoms with van der Waals surface area (Å²) in [5, 5.41) is 11.7. The lowest BCUT2D eigenvalue weighted by molar-refractivity contribution is -0.142. The molecule has 0 aliphatic heterocycles. The third kappa shape index (κ3) is 1.78. The lowest BCUT2D eigenvalue weighted by Crippen LogP contribution is -2.57. The van der Waals surface area contributed by atoms with E-state index in [0.717, 1.165) is 0 Å². The van der Waals surface area contributed by atoms with Gasteiger partial charge in [-0.2, -0.15) is 0 Å². The number of amides is 1. The highest BCUT2D eigenvalue weighted by molar-refractivity contribution is 6.07. The van der Waals surface area contributed by atoms with Crippen molar-refractivity contribution in [3.63, 3.8) is 0 Å². The SMILES string of the molecule is CCN(C)C(=O)C1(C(N)=NO)CC(C)C1. The molecule has 0 radical (unpaired) electrons. The molecule has 0 atom stereocenters. The van der Waals surface area contributed by atoms with Gasteiger partial charge < -0.3 is 15.8 Å². The first-order chi connectivity index (χ1) is 6.97. The molecule has 0 spiro atoms. The van der Waals surface area contributed by atoms with Crippen LogP contribution in [0.2, 0.25) is 0 Å². The normalized spacial score (nSPS) is 30.9. The van der Waals surface area contributed by atoms with E-state index in [9.17, 15) is 4.79 Å². The predicted octanol–water partition coefficient (Wildman–Crippen LogP) is 0.627. The first-order valence-electron chi connectivity index (χ1n) is 5.21. The summed E-state index contributed by atoms with van der Waals surface area (Å²) in [5.74, 6) is 0.462. The van der Waals surface area contributed by atoms with Gasteiger partial charge in [-0.25, -0.2) is 0 Å². The topological polar surface area (TPSA) is 78.9 Å². The zero-order valence-corrected chi connectivity index (χ0v) is 9.53. The molecular formula is C10H19N3O2. The highest BCUT2D eigenvalue weighted by Gasteiger charge is 2.53. The molecule has 1 aliphatic rings. The summed E-state index contributed by atoms with van der Waals surface area (Å²) in [6.45, 7) is 4.59. The summed E-state index contributed by atoms with van der Waals surface area (Å²) in [4.78, 5) is 13.7. The minimum Gasteiger partial charge on any atom is -0.409 e. The van der Waals surface area contributed by atoms with Crippen LogP contribution in [-0.2, 0) is 4.79 Å². The highest BCUT2D eigenvalue weighted by atomic mass is 16.4. The predicted molar refractivity (Wildman–Crippen MR) is 57.6 cm³/mol. The fourth-order valence-corrected chi connectivity index (χ4v) is 2.23. The zero-order valence-electron chi connectivity index (χ0n) is 9.53. The van der Waals surface area contributed by atoms with Crippen molar-refractivity contribution in [1.29, 1.82) is 0 Å². The number of oxime groups is 1. The Balaban J connectivity index is 2.89. The lowest BCUT2D eigenvalue weighted by atomic mass is 9.61. The summed E-state index contributed by atoms with van der Waals surface area (Å²) in [7, 11) is 1.73. The number of nitrogens with two attached hydrogens (primary N) is 1. The molecule has 1 saturated carbocycles. The van der Waals surface area contributed by atoms with Gasteiger partial charge in [0.05, 0.1) is 0 Å². The molecule has 86 valence electrons. The van der Waals surface area contributed by atoms with Gasteiger partial charge in [-0.05, 0) is 25.7 Å². The van der Waals surface area contributed by atoms with Crippen LogP contribution in [0.5, 0.6) is 0 Å². The molecule has 15 heavy (non-hydrogen) atoms. The Bertz CT molecular complexity index is 282. The van der Waals surface area contributed by atoms with E-state index < -0.39 is 5.41 Å². The second-order valence-corrected chi connectivity index (χ2v) is 4.40. The van der Waals surface area contributed by atoms with Crippen molar-refractivity contribution in [2.45, 2.75) is 26.7 Å². The van der Waals surface area contributed by atoms with Gasteiger partial charge in [-0.3, -0.25) is 4.79 Å². The first-order valence-corrected chi connectivity index (χ1v) is 5.21. The van der Waals surface area contributed by atoms with E-state index in [1.54, 1.807) is 11.9 Å². The van der Waals surface area contributed by atoms with Crippen LogP contribution in [0.1, 0.15) is 26.7 Å². The van der Waals surface area contributed by atoms with Crippen molar-refractivity contribution in [2.24, 2.45) is 22.2 Å². The van der Waals surface area contributed by atoms with Gasteiger partial charge in [-0.15, -0.1) is 0 Å². The van der Waals surface area contributed by atoms with Crippen LogP contribution in [0.3, 0.4) is 0 Å². The molecule has 1 rings (SSSR count). The molecule has 3 N–H and O–H groups in total. The van der Waals surface area contributed by atoms with Gasteiger partial charge in [0.25, 0.3) is 0 Å². The maximum Gasteiger partial charge on any atom is 0.236 e. The molecule has 0 saturated heterocycles. The Morgan fingerprint density at radius 2 is 2.20 bits per heavy atom. The molecule has 1 aliphatic carbocycles. The van der Waals surface area contributed by atoms with Crippen LogP contribution >= 0.6 is 0 Å². The van der Waals surface area contributed by atoms with Crippen molar-refractivity contribution in [2.75, 3.05) is 13.6 Å². The Labute approximate surface area is 89.9 Å². The summed E-state index contributed by atoms with van der Waals surface area (Å²) in [6.07, 6.45) is 1.35. The first kappa shape index (κ1) is 11.8. The van der Waals surface area contributed by atoms with Crippen LogP contribution in [0.25, 0.3) is 0 Å². The van der Waals surface area contributed by atoms with Crippen LogP contribution in [0, 0.1) is 11.3 Å². The quantitative estimate of drug-likeness (QED) is 0.312. The molecule has 0 bridgehead atoms. The van der Waals surface area contributed by atoms with E-state index >= 15 is 0 Å². The van der Waals surface area contributed by atoms with Crippen molar-refractivity contribution in [3.8, 4) is 0 Å². The van der Waals surface area contributed by atoms with Crippen molar-refractivity contribution in [3.05, 3.63) is 0 Å². The van der Waals surface area contributed by atoms with E-state index in [0.29, 0.717) is 25.3 Å². The minimum atomic E-state index is -0.751. The van der Waals surface area contributed by atoms with Gasteiger partial charge in [-0.1, -0.05) is 12.1 Å². The van der Waals surface area contributed by atoms with Crippen LogP contribution in [0.4, 0.5) is 0 Å². The number of rotatable bonds is 3. The minimum absolute atomic E-state index is 0.0431. The van der Waals surface area contributed by atoms with Crippen molar-refractivity contribution >= 4 is 11.7 Å². The van der Waals surface area contributed by atoms with Gasteiger partial charge in [0.2, 0.25) is 5.91 Å². The molecular weight excluding hydrogens is 194 g/mol. The monoisotopic (exact) mass is 213 g/mol.